The highest BCUT2D eigenvalue weighted by atomic mass is 79.9. The molecule has 46 heavy (non-hydrogen) atoms. The van der Waals surface area contributed by atoms with Crippen molar-refractivity contribution in [2.45, 2.75) is 0 Å². The summed E-state index contributed by atoms with van der Waals surface area (Å²) in [5, 5.41) is 0. The van der Waals surface area contributed by atoms with E-state index in [1.165, 1.54) is 0 Å². The monoisotopic (exact) mass is 748 g/mol. The zero-order chi connectivity index (χ0) is 31.3. The molecular formula is C34H30Br2N4O6. The molecule has 0 bridgehead atoms. The third-order valence-corrected chi connectivity index (χ3v) is 8.25. The van der Waals surface area contributed by atoms with Gasteiger partial charge in [0.2, 0.25) is 0 Å². The summed E-state index contributed by atoms with van der Waals surface area (Å²) in [5.74, 6) is 3.92. The molecule has 10 nitrogen and oxygen atoms in total. The number of rotatable bonds is 2. The van der Waals surface area contributed by atoms with Crippen molar-refractivity contribution < 1.29 is 28.4 Å². The Labute approximate surface area is 281 Å². The molecule has 0 amide bonds. The van der Waals surface area contributed by atoms with Crippen LogP contribution in [0.5, 0.6) is 23.0 Å². The first-order chi connectivity index (χ1) is 22.6. The van der Waals surface area contributed by atoms with Crippen LogP contribution in [-0.2, 0) is 9.47 Å². The third kappa shape index (κ3) is 7.15. The number of hydrogen-bond acceptors (Lipinski definition) is 8. The van der Waals surface area contributed by atoms with Crippen molar-refractivity contribution in [1.82, 2.24) is 19.9 Å². The molecule has 7 rings (SSSR count). The van der Waals surface area contributed by atoms with Crippen molar-refractivity contribution in [3.63, 3.8) is 0 Å². The van der Waals surface area contributed by atoms with Crippen LogP contribution in [-0.4, -0.2) is 72.8 Å². The number of imidazole rings is 2. The zero-order valence-electron chi connectivity index (χ0n) is 24.7. The Kier molecular flexibility index (Phi) is 9.38. The minimum atomic E-state index is 0.329. The van der Waals surface area contributed by atoms with Gasteiger partial charge in [0, 0.05) is 20.1 Å². The molecule has 3 heterocycles. The second kappa shape index (κ2) is 14.1. The summed E-state index contributed by atoms with van der Waals surface area (Å²) in [6.45, 7) is 2.86. The highest BCUT2D eigenvalue weighted by molar-refractivity contribution is 9.10. The molecule has 2 aromatic heterocycles. The van der Waals surface area contributed by atoms with Crippen LogP contribution in [0.3, 0.4) is 0 Å². The number of benzene rings is 4. The fraction of sp³-hybridized carbons (Fsp3) is 0.235. The highest BCUT2D eigenvalue weighted by Gasteiger charge is 2.14. The van der Waals surface area contributed by atoms with Crippen LogP contribution in [0.4, 0.5) is 0 Å². The van der Waals surface area contributed by atoms with Gasteiger partial charge in [-0.05, 0) is 72.8 Å². The van der Waals surface area contributed by atoms with Gasteiger partial charge in [-0.3, -0.25) is 0 Å². The lowest BCUT2D eigenvalue weighted by molar-refractivity contribution is 0.0640. The molecule has 236 valence electrons. The summed E-state index contributed by atoms with van der Waals surface area (Å²) >= 11 is 7.03. The standard InChI is InChI=1S/C34H30Br2N4O6/c35-23-3-5-25-27(19-23)39-33(37-25)21-1-7-29-31(17-21)45-15-11-42-12-16-46-32-18-22(2-8-30(32)44-14-10-41-9-13-43-29)34-38-26-6-4-24(36)20-28(26)40-34/h1-8,17-20H,9-16H2,(H,37,39)(H,38,40). The van der Waals surface area contributed by atoms with E-state index in [0.717, 1.165) is 53.8 Å². The zero-order valence-corrected chi connectivity index (χ0v) is 27.9. The Balaban J connectivity index is 1.03. The minimum Gasteiger partial charge on any atom is -0.487 e. The summed E-state index contributed by atoms with van der Waals surface area (Å²) in [4.78, 5) is 16.2. The van der Waals surface area contributed by atoms with Crippen LogP contribution in [0.25, 0.3) is 44.8 Å². The van der Waals surface area contributed by atoms with Crippen LogP contribution >= 0.6 is 31.9 Å². The molecule has 0 aliphatic carbocycles. The first-order valence-electron chi connectivity index (χ1n) is 14.9. The van der Waals surface area contributed by atoms with E-state index in [2.05, 4.69) is 41.8 Å². The highest BCUT2D eigenvalue weighted by Crippen LogP contribution is 2.34. The van der Waals surface area contributed by atoms with E-state index in [-0.39, 0.29) is 0 Å². The summed E-state index contributed by atoms with van der Waals surface area (Å²) in [5.41, 5.74) is 5.42. The van der Waals surface area contributed by atoms with Gasteiger partial charge in [0.1, 0.15) is 38.1 Å². The topological polar surface area (TPSA) is 113 Å². The van der Waals surface area contributed by atoms with E-state index in [9.17, 15) is 0 Å². The largest absolute Gasteiger partial charge is 0.487 e. The quantitative estimate of drug-likeness (QED) is 0.187. The molecule has 1 aliphatic heterocycles. The van der Waals surface area contributed by atoms with E-state index >= 15 is 0 Å². The number of H-pyrrole nitrogens is 2. The van der Waals surface area contributed by atoms with E-state index in [1.54, 1.807) is 0 Å². The fourth-order valence-corrected chi connectivity index (χ4v) is 5.78. The lowest BCUT2D eigenvalue weighted by Crippen LogP contribution is -2.15. The second-order valence-electron chi connectivity index (χ2n) is 10.4. The Morgan fingerprint density at radius 1 is 0.457 bits per heavy atom. The van der Waals surface area contributed by atoms with Gasteiger partial charge in [-0.15, -0.1) is 0 Å². The van der Waals surface area contributed by atoms with Crippen molar-refractivity contribution in [1.29, 1.82) is 0 Å². The second-order valence-corrected chi connectivity index (χ2v) is 12.3. The van der Waals surface area contributed by atoms with Crippen molar-refractivity contribution in [3.05, 3.63) is 81.7 Å². The lowest BCUT2D eigenvalue weighted by atomic mass is 10.2. The van der Waals surface area contributed by atoms with E-state index in [4.69, 9.17) is 38.4 Å². The van der Waals surface area contributed by atoms with Gasteiger partial charge < -0.3 is 38.4 Å². The molecule has 0 radical (unpaired) electrons. The Morgan fingerprint density at radius 2 is 0.870 bits per heavy atom. The number of aromatic amines is 2. The fourth-order valence-electron chi connectivity index (χ4n) is 5.06. The Hall–Kier alpha value is -4.10. The van der Waals surface area contributed by atoms with E-state index in [1.807, 2.05) is 72.8 Å². The predicted octanol–water partition coefficient (Wildman–Crippen LogP) is 7.56. The van der Waals surface area contributed by atoms with Crippen LogP contribution in [0.2, 0.25) is 0 Å². The lowest BCUT2D eigenvalue weighted by Gasteiger charge is -2.16. The molecule has 0 fully saturated rings. The molecule has 0 saturated carbocycles. The van der Waals surface area contributed by atoms with Gasteiger partial charge in [0.15, 0.2) is 23.0 Å². The number of hydrogen-bond donors (Lipinski definition) is 2. The van der Waals surface area contributed by atoms with Crippen molar-refractivity contribution >= 4 is 53.9 Å². The third-order valence-electron chi connectivity index (χ3n) is 7.26. The van der Waals surface area contributed by atoms with E-state index in [0.29, 0.717) is 75.9 Å². The SMILES string of the molecule is Brc1ccc2nc(-c3ccc4c(c3)OCCOCCOc3cc(-c5nc6ccc(Br)cc6[nH]5)ccc3OCCOCCO4)[nH]c2c1. The number of halogens is 2. The van der Waals surface area contributed by atoms with Gasteiger partial charge in [-0.1, -0.05) is 31.9 Å². The molecule has 0 atom stereocenters. The smallest absolute Gasteiger partial charge is 0.162 e. The molecule has 0 unspecified atom stereocenters. The Bertz CT molecular complexity index is 1840. The summed E-state index contributed by atoms with van der Waals surface area (Å²) in [6, 6.07) is 23.4. The van der Waals surface area contributed by atoms with E-state index < -0.39 is 0 Å². The number of fused-ring (bicyclic) bond motifs is 4. The molecular weight excluding hydrogens is 720 g/mol. The van der Waals surface area contributed by atoms with Crippen LogP contribution < -0.4 is 18.9 Å². The summed E-state index contributed by atoms with van der Waals surface area (Å²) in [6.07, 6.45) is 0. The molecule has 1 aliphatic rings. The maximum atomic E-state index is 6.13. The van der Waals surface area contributed by atoms with Gasteiger partial charge in [0.25, 0.3) is 0 Å². The molecule has 4 aromatic carbocycles. The van der Waals surface area contributed by atoms with Crippen LogP contribution in [0.15, 0.2) is 81.7 Å². The van der Waals surface area contributed by atoms with Crippen LogP contribution in [0, 0.1) is 0 Å². The number of nitrogens with zero attached hydrogens (tertiary/aromatic N) is 2. The number of ether oxygens (including phenoxy) is 6. The molecule has 6 aromatic rings. The van der Waals surface area contributed by atoms with Crippen molar-refractivity contribution in [2.24, 2.45) is 0 Å². The van der Waals surface area contributed by atoms with Gasteiger partial charge in [-0.25, -0.2) is 9.97 Å². The average Bonchev–Trinajstić information content (AvgIpc) is 3.68. The minimum absolute atomic E-state index is 0.329. The number of nitrogens with one attached hydrogen (secondary N) is 2. The molecule has 2 N–H and O–H groups in total. The summed E-state index contributed by atoms with van der Waals surface area (Å²) in [7, 11) is 0. The van der Waals surface area contributed by atoms with Crippen LogP contribution in [0.1, 0.15) is 0 Å². The molecule has 0 spiro atoms. The van der Waals surface area contributed by atoms with Gasteiger partial charge >= 0.3 is 0 Å². The number of aromatic nitrogens is 4. The first-order valence-corrected chi connectivity index (χ1v) is 16.4. The maximum absolute atomic E-state index is 6.13. The molecule has 0 saturated heterocycles. The Morgan fingerprint density at radius 3 is 1.30 bits per heavy atom. The maximum Gasteiger partial charge on any atom is 0.162 e. The predicted molar refractivity (Wildman–Crippen MR) is 182 cm³/mol. The molecule has 12 heteroatoms. The normalized spacial score (nSPS) is 15.0. The van der Waals surface area contributed by atoms with Crippen molar-refractivity contribution in [3.8, 4) is 45.8 Å². The first kappa shape index (κ1) is 30.5. The van der Waals surface area contributed by atoms with Gasteiger partial charge in [-0.2, -0.15) is 0 Å². The average molecular weight is 750 g/mol. The van der Waals surface area contributed by atoms with Crippen molar-refractivity contribution in [2.75, 3.05) is 52.9 Å². The van der Waals surface area contributed by atoms with Gasteiger partial charge in [0.05, 0.1) is 48.5 Å². The summed E-state index contributed by atoms with van der Waals surface area (Å²) < 4.78 is 37.9.